The maximum atomic E-state index is 12.9. The first-order valence-electron chi connectivity index (χ1n) is 9.42. The number of benzene rings is 1. The van der Waals surface area contributed by atoms with Gasteiger partial charge in [0.05, 0.1) is 12.0 Å². The number of nitrogens with one attached hydrogen (secondary N) is 1. The summed E-state index contributed by atoms with van der Waals surface area (Å²) in [5.41, 5.74) is 1.87. The van der Waals surface area contributed by atoms with Crippen molar-refractivity contribution < 1.29 is 13.2 Å². The average molecular weight is 409 g/mol. The highest BCUT2D eigenvalue weighted by Gasteiger charge is 2.25. The van der Waals surface area contributed by atoms with E-state index >= 15 is 0 Å². The number of sulfonamides is 1. The molecule has 1 aromatic carbocycles. The first kappa shape index (κ1) is 20.3. The summed E-state index contributed by atoms with van der Waals surface area (Å²) < 4.78 is 33.9. The maximum Gasteiger partial charge on any atom is 0.240 e. The average Bonchev–Trinajstić information content (AvgIpc) is 3.04. The molecule has 27 heavy (non-hydrogen) atoms. The second-order valence-electron chi connectivity index (χ2n) is 7.01. The molecule has 3 rings (SSSR count). The van der Waals surface area contributed by atoms with E-state index in [1.807, 2.05) is 0 Å². The van der Waals surface area contributed by atoms with Gasteiger partial charge in [0.2, 0.25) is 10.0 Å². The molecule has 1 fully saturated rings. The van der Waals surface area contributed by atoms with Crippen LogP contribution in [0.5, 0.6) is 5.75 Å². The summed E-state index contributed by atoms with van der Waals surface area (Å²) in [5.74, 6) is 0.659. The Labute approximate surface area is 166 Å². The summed E-state index contributed by atoms with van der Waals surface area (Å²) in [4.78, 5) is 2.74. The maximum absolute atomic E-state index is 12.9. The third-order valence-electron chi connectivity index (χ3n) is 5.15. The van der Waals surface area contributed by atoms with Crippen LogP contribution in [-0.4, -0.2) is 40.1 Å². The molecule has 0 saturated carbocycles. The van der Waals surface area contributed by atoms with Crippen LogP contribution in [0.1, 0.15) is 42.9 Å². The molecule has 5 nitrogen and oxygen atoms in total. The highest BCUT2D eigenvalue weighted by Crippen LogP contribution is 2.27. The first-order valence-corrected chi connectivity index (χ1v) is 11.8. The lowest BCUT2D eigenvalue weighted by atomic mass is 10.1. The Morgan fingerprint density at radius 3 is 2.52 bits per heavy atom. The summed E-state index contributed by atoms with van der Waals surface area (Å²) in [5, 5.41) is 4.19. The Balaban J connectivity index is 1.78. The number of methoxy groups -OCH3 is 1. The smallest absolute Gasteiger partial charge is 0.240 e. The molecule has 2 aromatic rings. The Kier molecular flexibility index (Phi) is 6.92. The molecule has 2 heterocycles. The molecular formula is C20H28N2O3S2. The second-order valence-corrected chi connectivity index (χ2v) is 9.52. The zero-order valence-corrected chi connectivity index (χ0v) is 17.6. The van der Waals surface area contributed by atoms with Gasteiger partial charge in [0, 0.05) is 12.6 Å². The van der Waals surface area contributed by atoms with Gasteiger partial charge in [-0.2, -0.15) is 11.3 Å². The van der Waals surface area contributed by atoms with Crippen LogP contribution < -0.4 is 9.46 Å². The van der Waals surface area contributed by atoms with Crippen LogP contribution in [0.2, 0.25) is 0 Å². The fourth-order valence-corrected chi connectivity index (χ4v) is 5.62. The molecule has 1 N–H and O–H groups in total. The van der Waals surface area contributed by atoms with Gasteiger partial charge in [0.15, 0.2) is 0 Å². The van der Waals surface area contributed by atoms with E-state index in [1.165, 1.54) is 31.2 Å². The Bertz CT molecular complexity index is 827. The van der Waals surface area contributed by atoms with E-state index in [9.17, 15) is 8.42 Å². The zero-order chi connectivity index (χ0) is 19.3. The van der Waals surface area contributed by atoms with E-state index in [0.717, 1.165) is 13.1 Å². The van der Waals surface area contributed by atoms with Gasteiger partial charge < -0.3 is 4.74 Å². The van der Waals surface area contributed by atoms with Gasteiger partial charge in [-0.3, -0.25) is 4.90 Å². The molecule has 0 aliphatic carbocycles. The highest BCUT2D eigenvalue weighted by molar-refractivity contribution is 7.89. The Morgan fingerprint density at radius 2 is 1.93 bits per heavy atom. The lowest BCUT2D eigenvalue weighted by Gasteiger charge is -2.30. The van der Waals surface area contributed by atoms with Gasteiger partial charge in [-0.1, -0.05) is 12.8 Å². The number of rotatable bonds is 7. The Hall–Kier alpha value is -1.41. The quantitative estimate of drug-likeness (QED) is 0.753. The standard InChI is InChI=1S/C20H28N2O3S2/c1-16-13-18(25-2)7-8-20(16)27(23,24)21-14-19(17-9-12-26-15-17)22-10-5-3-4-6-11-22/h7-9,12-13,15,19,21H,3-6,10-11,14H2,1-2H3. The molecule has 1 aliphatic heterocycles. The number of nitrogens with zero attached hydrogens (tertiary/aromatic N) is 1. The van der Waals surface area contributed by atoms with Crippen molar-refractivity contribution in [3.63, 3.8) is 0 Å². The SMILES string of the molecule is COc1ccc(S(=O)(=O)NCC(c2ccsc2)N2CCCCCC2)c(C)c1. The minimum Gasteiger partial charge on any atom is -0.497 e. The third-order valence-corrected chi connectivity index (χ3v) is 7.43. The van der Waals surface area contributed by atoms with Crippen molar-refractivity contribution in [2.75, 3.05) is 26.7 Å². The molecule has 1 atom stereocenters. The predicted molar refractivity (Wildman–Crippen MR) is 110 cm³/mol. The minimum atomic E-state index is -3.58. The molecule has 7 heteroatoms. The van der Waals surface area contributed by atoms with Gasteiger partial charge >= 0.3 is 0 Å². The summed E-state index contributed by atoms with van der Waals surface area (Å²) in [6.07, 6.45) is 4.85. The van der Waals surface area contributed by atoms with E-state index in [1.54, 1.807) is 43.6 Å². The summed E-state index contributed by atoms with van der Waals surface area (Å²) in [6.45, 7) is 4.21. The number of ether oxygens (including phenoxy) is 1. The van der Waals surface area contributed by atoms with Crippen LogP contribution in [0.25, 0.3) is 0 Å². The predicted octanol–water partition coefficient (Wildman–Crippen LogP) is 3.96. The van der Waals surface area contributed by atoms with E-state index in [4.69, 9.17) is 4.74 Å². The third kappa shape index (κ3) is 5.10. The highest BCUT2D eigenvalue weighted by atomic mass is 32.2. The summed E-state index contributed by atoms with van der Waals surface area (Å²) in [7, 11) is -2.00. The molecule has 0 radical (unpaired) electrons. The zero-order valence-electron chi connectivity index (χ0n) is 16.0. The van der Waals surface area contributed by atoms with E-state index < -0.39 is 10.0 Å². The van der Waals surface area contributed by atoms with Crippen LogP contribution in [0.4, 0.5) is 0 Å². The normalized spacial score (nSPS) is 17.4. The van der Waals surface area contributed by atoms with Crippen molar-refractivity contribution in [1.29, 1.82) is 0 Å². The second kappa shape index (κ2) is 9.19. The Morgan fingerprint density at radius 1 is 1.19 bits per heavy atom. The molecule has 1 saturated heterocycles. The van der Waals surface area contributed by atoms with E-state index in [-0.39, 0.29) is 6.04 Å². The van der Waals surface area contributed by atoms with Crippen molar-refractivity contribution in [2.24, 2.45) is 0 Å². The molecule has 0 amide bonds. The molecule has 1 unspecified atom stereocenters. The van der Waals surface area contributed by atoms with E-state index in [2.05, 4.69) is 26.4 Å². The lowest BCUT2D eigenvalue weighted by Crippen LogP contribution is -2.38. The number of thiophene rings is 1. The number of hydrogen-bond donors (Lipinski definition) is 1. The fraction of sp³-hybridized carbons (Fsp3) is 0.500. The molecule has 1 aliphatic rings. The lowest BCUT2D eigenvalue weighted by molar-refractivity contribution is 0.206. The fourth-order valence-electron chi connectivity index (χ4n) is 3.65. The monoisotopic (exact) mass is 408 g/mol. The van der Waals surface area contributed by atoms with Crippen LogP contribution in [0.15, 0.2) is 39.9 Å². The molecule has 0 bridgehead atoms. The molecule has 1 aromatic heterocycles. The van der Waals surface area contributed by atoms with Gasteiger partial charge in [-0.25, -0.2) is 13.1 Å². The van der Waals surface area contributed by atoms with Crippen molar-refractivity contribution in [2.45, 2.75) is 43.5 Å². The van der Waals surface area contributed by atoms with Crippen LogP contribution in [0, 0.1) is 6.92 Å². The molecule has 148 valence electrons. The first-order chi connectivity index (χ1) is 13.0. The molecule has 0 spiro atoms. The van der Waals surface area contributed by atoms with Crippen molar-refractivity contribution in [3.8, 4) is 5.75 Å². The van der Waals surface area contributed by atoms with Gasteiger partial charge in [0.1, 0.15) is 5.75 Å². The van der Waals surface area contributed by atoms with Gasteiger partial charge in [0.25, 0.3) is 0 Å². The van der Waals surface area contributed by atoms with Crippen LogP contribution in [-0.2, 0) is 10.0 Å². The number of hydrogen-bond acceptors (Lipinski definition) is 5. The minimum absolute atomic E-state index is 0.0719. The largest absolute Gasteiger partial charge is 0.497 e. The number of aryl methyl sites for hydroxylation is 1. The van der Waals surface area contributed by atoms with Crippen molar-refractivity contribution in [1.82, 2.24) is 9.62 Å². The van der Waals surface area contributed by atoms with Crippen LogP contribution >= 0.6 is 11.3 Å². The topological polar surface area (TPSA) is 58.6 Å². The van der Waals surface area contributed by atoms with Gasteiger partial charge in [-0.15, -0.1) is 0 Å². The summed E-state index contributed by atoms with van der Waals surface area (Å²) in [6, 6.07) is 7.23. The van der Waals surface area contributed by atoms with Gasteiger partial charge in [-0.05, 0) is 79.0 Å². The summed E-state index contributed by atoms with van der Waals surface area (Å²) >= 11 is 1.66. The molecular weight excluding hydrogens is 380 g/mol. The van der Waals surface area contributed by atoms with E-state index in [0.29, 0.717) is 22.8 Å². The van der Waals surface area contributed by atoms with Crippen molar-refractivity contribution in [3.05, 3.63) is 46.2 Å². The van der Waals surface area contributed by atoms with Crippen molar-refractivity contribution >= 4 is 21.4 Å². The number of likely N-dealkylation sites (tertiary alicyclic amines) is 1. The van der Waals surface area contributed by atoms with Crippen LogP contribution in [0.3, 0.4) is 0 Å².